The van der Waals surface area contributed by atoms with E-state index in [-0.39, 0.29) is 42.4 Å². The van der Waals surface area contributed by atoms with E-state index in [1.54, 1.807) is 19.1 Å². The van der Waals surface area contributed by atoms with Gasteiger partial charge in [-0.1, -0.05) is 132 Å². The molecule has 5 rings (SSSR count). The van der Waals surface area contributed by atoms with Crippen LogP contribution in [0.5, 0.6) is 5.75 Å². The fraction of sp³-hybridized carbons (Fsp3) is 0.373. The van der Waals surface area contributed by atoms with Crippen LogP contribution >= 0.6 is 0 Å². The van der Waals surface area contributed by atoms with Gasteiger partial charge in [0.1, 0.15) is 5.75 Å². The van der Waals surface area contributed by atoms with Gasteiger partial charge in [0.2, 0.25) is 11.8 Å². The molecule has 9 heteroatoms. The number of rotatable bonds is 23. The molecule has 0 saturated heterocycles. The predicted molar refractivity (Wildman–Crippen MR) is 239 cm³/mol. The van der Waals surface area contributed by atoms with E-state index in [4.69, 9.17) is 14.2 Å². The van der Waals surface area contributed by atoms with Crippen LogP contribution in [0.25, 0.3) is 0 Å². The van der Waals surface area contributed by atoms with Crippen molar-refractivity contribution in [2.45, 2.75) is 97.1 Å². The minimum atomic E-state index is -0.543. The standard InChI is InChI=1S/C30H37NO3.C21H27NO4/c1-23-9-13-27(14-10-23)19-29(31-30(32)18-17-26-7-5-4-6-8-26)22-33-20-25(3)34-21-28-15-11-24(2)12-16-28;1-16(23)14-26-15-19(13-18-7-10-20(24)11-8-18)22-21(25)12-9-17-5-3-2-4-6-17/h4-16,25,29H,17-22H2,1-3H3,(H,31,32);2-8,10-11,16,19,23-24H,9,12-15H2,1H3,(H,22,25)/t25?,29-;16?,19-/m00/s1. The van der Waals surface area contributed by atoms with Crippen molar-refractivity contribution in [3.8, 4) is 5.75 Å². The monoisotopic (exact) mass is 816 g/mol. The molecule has 0 bridgehead atoms. The molecule has 0 radical (unpaired) electrons. The van der Waals surface area contributed by atoms with E-state index in [0.29, 0.717) is 52.1 Å². The minimum absolute atomic E-state index is 0.0294. The minimum Gasteiger partial charge on any atom is -0.508 e. The van der Waals surface area contributed by atoms with Gasteiger partial charge in [-0.15, -0.1) is 0 Å². The fourth-order valence-electron chi connectivity index (χ4n) is 6.36. The lowest BCUT2D eigenvalue weighted by Gasteiger charge is -2.21. The Hall–Kier alpha value is -5.32. The maximum Gasteiger partial charge on any atom is 0.220 e. The number of ether oxygens (including phenoxy) is 3. The van der Waals surface area contributed by atoms with Crippen LogP contribution in [-0.2, 0) is 56.1 Å². The number of carbonyl (C=O) groups is 2. The van der Waals surface area contributed by atoms with Gasteiger partial charge in [-0.25, -0.2) is 0 Å². The van der Waals surface area contributed by atoms with E-state index in [9.17, 15) is 19.8 Å². The first-order valence-electron chi connectivity index (χ1n) is 21.0. The molecule has 0 fully saturated rings. The van der Waals surface area contributed by atoms with Crippen LogP contribution in [-0.4, -0.2) is 72.7 Å². The molecular weight excluding hydrogens is 753 g/mol. The number of amides is 2. The van der Waals surface area contributed by atoms with E-state index >= 15 is 0 Å². The maximum absolute atomic E-state index is 12.7. The van der Waals surface area contributed by atoms with Gasteiger partial charge in [0, 0.05) is 12.8 Å². The summed E-state index contributed by atoms with van der Waals surface area (Å²) in [4.78, 5) is 25.0. The smallest absolute Gasteiger partial charge is 0.220 e. The zero-order valence-electron chi connectivity index (χ0n) is 35.7. The third-order valence-electron chi connectivity index (χ3n) is 9.72. The summed E-state index contributed by atoms with van der Waals surface area (Å²) in [6, 6.07) is 43.4. The number of aromatic hydroxyl groups is 1. The molecule has 60 heavy (non-hydrogen) atoms. The van der Waals surface area contributed by atoms with Crippen molar-refractivity contribution < 1.29 is 34.0 Å². The van der Waals surface area contributed by atoms with Gasteiger partial charge in [-0.05, 0) is 93.3 Å². The number of carbonyl (C=O) groups excluding carboxylic acids is 2. The molecule has 0 spiro atoms. The summed E-state index contributed by atoms with van der Waals surface area (Å²) in [5, 5.41) is 24.9. The number of aliphatic hydroxyl groups excluding tert-OH is 1. The Morgan fingerprint density at radius 3 is 1.40 bits per heavy atom. The average Bonchev–Trinajstić information content (AvgIpc) is 3.24. The lowest BCUT2D eigenvalue weighted by Crippen LogP contribution is -2.40. The number of hydrogen-bond acceptors (Lipinski definition) is 7. The summed E-state index contributed by atoms with van der Waals surface area (Å²) in [5.41, 5.74) is 8.10. The summed E-state index contributed by atoms with van der Waals surface area (Å²) in [6.07, 6.45) is 3.04. The van der Waals surface area contributed by atoms with Crippen molar-refractivity contribution in [1.82, 2.24) is 10.6 Å². The highest BCUT2D eigenvalue weighted by Crippen LogP contribution is 2.13. The van der Waals surface area contributed by atoms with Crippen LogP contribution < -0.4 is 10.6 Å². The summed E-state index contributed by atoms with van der Waals surface area (Å²) in [5.74, 6) is 0.231. The highest BCUT2D eigenvalue weighted by molar-refractivity contribution is 5.77. The molecule has 0 aliphatic carbocycles. The topological polar surface area (TPSA) is 126 Å². The van der Waals surface area contributed by atoms with E-state index in [1.165, 1.54) is 22.3 Å². The SMILES string of the molecule is CC(O)COC[C@H](Cc1ccc(O)cc1)NC(=O)CCc1ccccc1.Cc1ccc(COC(C)COC[C@H](Cc2ccc(C)cc2)NC(=O)CCc2ccccc2)cc1. The van der Waals surface area contributed by atoms with Crippen molar-refractivity contribution in [1.29, 1.82) is 0 Å². The molecule has 0 aliphatic rings. The number of aryl methyl sites for hydroxylation is 4. The van der Waals surface area contributed by atoms with Gasteiger partial charge in [-0.2, -0.15) is 0 Å². The lowest BCUT2D eigenvalue weighted by molar-refractivity contribution is -0.123. The molecule has 0 aromatic heterocycles. The molecule has 2 unspecified atom stereocenters. The molecule has 0 aliphatic heterocycles. The largest absolute Gasteiger partial charge is 0.508 e. The Kier molecular flexibility index (Phi) is 21.1. The average molecular weight is 817 g/mol. The molecule has 4 N–H and O–H groups in total. The molecule has 9 nitrogen and oxygen atoms in total. The molecule has 5 aromatic rings. The highest BCUT2D eigenvalue weighted by Gasteiger charge is 2.16. The van der Waals surface area contributed by atoms with Crippen LogP contribution in [0.2, 0.25) is 0 Å². The van der Waals surface area contributed by atoms with Crippen LogP contribution in [0, 0.1) is 13.8 Å². The Morgan fingerprint density at radius 2 is 0.950 bits per heavy atom. The summed E-state index contributed by atoms with van der Waals surface area (Å²) >= 11 is 0. The van der Waals surface area contributed by atoms with E-state index < -0.39 is 6.10 Å². The van der Waals surface area contributed by atoms with E-state index in [0.717, 1.165) is 29.5 Å². The van der Waals surface area contributed by atoms with Gasteiger partial charge >= 0.3 is 0 Å². The van der Waals surface area contributed by atoms with E-state index in [1.807, 2.05) is 67.6 Å². The van der Waals surface area contributed by atoms with Crippen molar-refractivity contribution in [2.24, 2.45) is 0 Å². The number of nitrogens with one attached hydrogen (secondary N) is 2. The molecule has 4 atom stereocenters. The molecular formula is C51H64N2O7. The summed E-state index contributed by atoms with van der Waals surface area (Å²) in [6.45, 7) is 9.87. The lowest BCUT2D eigenvalue weighted by atomic mass is 10.0. The molecule has 320 valence electrons. The number of phenolic OH excluding ortho intramolecular Hbond substituents is 1. The molecule has 0 heterocycles. The first-order chi connectivity index (χ1) is 29.0. The fourth-order valence-corrected chi connectivity index (χ4v) is 6.36. The third kappa shape index (κ3) is 20.1. The van der Waals surface area contributed by atoms with Gasteiger partial charge in [-0.3, -0.25) is 9.59 Å². The number of benzene rings is 5. The highest BCUT2D eigenvalue weighted by atomic mass is 16.5. The van der Waals surface area contributed by atoms with Gasteiger partial charge in [0.05, 0.1) is 57.3 Å². The second-order valence-corrected chi connectivity index (χ2v) is 15.6. The second kappa shape index (κ2) is 26.7. The first-order valence-corrected chi connectivity index (χ1v) is 21.0. The number of aliphatic hydroxyl groups is 1. The zero-order valence-corrected chi connectivity index (χ0v) is 35.7. The third-order valence-corrected chi connectivity index (χ3v) is 9.72. The van der Waals surface area contributed by atoms with Crippen molar-refractivity contribution >= 4 is 11.8 Å². The van der Waals surface area contributed by atoms with Crippen molar-refractivity contribution in [3.05, 3.63) is 172 Å². The Balaban J connectivity index is 0.000000275. The van der Waals surface area contributed by atoms with Crippen molar-refractivity contribution in [2.75, 3.05) is 26.4 Å². The predicted octanol–water partition coefficient (Wildman–Crippen LogP) is 8.04. The van der Waals surface area contributed by atoms with Gasteiger partial charge in [0.15, 0.2) is 0 Å². The molecule has 2 amide bonds. The zero-order chi connectivity index (χ0) is 43.0. The number of hydrogen-bond donors (Lipinski definition) is 4. The van der Waals surface area contributed by atoms with Crippen molar-refractivity contribution in [3.63, 3.8) is 0 Å². The van der Waals surface area contributed by atoms with Crippen LogP contribution in [0.4, 0.5) is 0 Å². The van der Waals surface area contributed by atoms with Gasteiger partial charge < -0.3 is 35.1 Å². The van der Waals surface area contributed by atoms with Crippen LogP contribution in [0.15, 0.2) is 133 Å². The quantitative estimate of drug-likeness (QED) is 0.0526. The summed E-state index contributed by atoms with van der Waals surface area (Å²) < 4.78 is 17.4. The van der Waals surface area contributed by atoms with Crippen LogP contribution in [0.3, 0.4) is 0 Å². The van der Waals surface area contributed by atoms with E-state index in [2.05, 4.69) is 85.1 Å². The second-order valence-electron chi connectivity index (χ2n) is 15.6. The Morgan fingerprint density at radius 1 is 0.533 bits per heavy atom. The molecule has 0 saturated carbocycles. The van der Waals surface area contributed by atoms with Crippen LogP contribution in [0.1, 0.15) is 65.6 Å². The number of phenols is 1. The maximum atomic E-state index is 12.7. The Bertz CT molecular complexity index is 1920. The normalized spacial score (nSPS) is 12.9. The van der Waals surface area contributed by atoms with Gasteiger partial charge in [0.25, 0.3) is 0 Å². The summed E-state index contributed by atoms with van der Waals surface area (Å²) in [7, 11) is 0. The first kappa shape index (κ1) is 47.4. The molecule has 5 aromatic carbocycles. The Labute approximate surface area is 357 Å².